The van der Waals surface area contributed by atoms with E-state index >= 15 is 0 Å². The number of benzene rings is 1. The van der Waals surface area contributed by atoms with E-state index in [1.807, 2.05) is 20.8 Å². The number of carbonyl (C=O) groups is 2. The minimum Gasteiger partial charge on any atom is -0.444 e. The summed E-state index contributed by atoms with van der Waals surface area (Å²) in [5.74, 6) is -0.529. The Balaban J connectivity index is 1.39. The zero-order chi connectivity index (χ0) is 24.2. The van der Waals surface area contributed by atoms with Crippen LogP contribution in [0.25, 0.3) is 0 Å². The third-order valence-corrected chi connectivity index (χ3v) is 6.47. The third kappa shape index (κ3) is 7.83. The molecule has 3 rings (SSSR count). The third-order valence-electron chi connectivity index (χ3n) is 6.25. The number of nitrogens with one attached hydrogen (secondary N) is 1. The monoisotopic (exact) mass is 483 g/mol. The molecule has 0 saturated carbocycles. The first-order valence-corrected chi connectivity index (χ1v) is 12.0. The SMILES string of the molecule is CC(C)(C)OC(=O)N1CCC(O)(CN2CCC(CNC(=O)c3cc(F)cc(Cl)c3)CC2)CC1. The van der Waals surface area contributed by atoms with Crippen LogP contribution >= 0.6 is 11.6 Å². The summed E-state index contributed by atoms with van der Waals surface area (Å²) < 4.78 is 18.9. The van der Waals surface area contributed by atoms with E-state index in [1.54, 1.807) is 4.90 Å². The van der Waals surface area contributed by atoms with Gasteiger partial charge in [0.1, 0.15) is 11.4 Å². The standard InChI is InChI=1S/C24H35ClFN3O4/c1-23(2,3)33-22(31)29-10-6-24(32,7-11-29)16-28-8-4-17(5-9-28)15-27-21(30)18-12-19(25)14-20(26)13-18/h12-14,17,32H,4-11,15-16H2,1-3H3,(H,27,30). The summed E-state index contributed by atoms with van der Waals surface area (Å²) in [5.41, 5.74) is -1.12. The fourth-order valence-corrected chi connectivity index (χ4v) is 4.60. The molecule has 1 aromatic carbocycles. The molecule has 2 heterocycles. The zero-order valence-electron chi connectivity index (χ0n) is 19.7. The Kier molecular flexibility index (Phi) is 8.24. The Hall–Kier alpha value is -1.90. The molecule has 2 aliphatic rings. The molecule has 2 N–H and O–H groups in total. The summed E-state index contributed by atoms with van der Waals surface area (Å²) in [6.07, 6.45) is 2.54. The van der Waals surface area contributed by atoms with E-state index in [0.717, 1.165) is 25.9 Å². The number of carbonyl (C=O) groups excluding carboxylic acids is 2. The fraction of sp³-hybridized carbons (Fsp3) is 0.667. The predicted octanol–water partition coefficient (Wildman–Crippen LogP) is 3.68. The highest BCUT2D eigenvalue weighted by atomic mass is 35.5. The van der Waals surface area contributed by atoms with Gasteiger partial charge in [-0.2, -0.15) is 0 Å². The van der Waals surface area contributed by atoms with Crippen molar-refractivity contribution in [2.75, 3.05) is 39.3 Å². The van der Waals surface area contributed by atoms with Crippen LogP contribution in [0, 0.1) is 11.7 Å². The van der Waals surface area contributed by atoms with Crippen LogP contribution in [0.5, 0.6) is 0 Å². The molecule has 7 nitrogen and oxygen atoms in total. The van der Waals surface area contributed by atoms with Gasteiger partial charge in [-0.15, -0.1) is 0 Å². The molecule has 9 heteroatoms. The largest absolute Gasteiger partial charge is 0.444 e. The first-order valence-electron chi connectivity index (χ1n) is 11.6. The Labute approximate surface area is 200 Å². The molecule has 0 radical (unpaired) electrons. The molecule has 0 aliphatic carbocycles. The molecule has 0 unspecified atom stereocenters. The Bertz CT molecular complexity index is 824. The first kappa shape index (κ1) is 25.7. The molecule has 2 amide bonds. The van der Waals surface area contributed by atoms with Crippen molar-refractivity contribution in [2.45, 2.75) is 57.7 Å². The minimum atomic E-state index is -0.809. The highest BCUT2D eigenvalue weighted by Gasteiger charge is 2.37. The summed E-state index contributed by atoms with van der Waals surface area (Å²) in [5, 5.41) is 14.1. The average molecular weight is 484 g/mol. The van der Waals surface area contributed by atoms with Gasteiger partial charge in [0.2, 0.25) is 0 Å². The van der Waals surface area contributed by atoms with E-state index < -0.39 is 17.0 Å². The lowest BCUT2D eigenvalue weighted by molar-refractivity contribution is -0.0541. The smallest absolute Gasteiger partial charge is 0.410 e. The average Bonchev–Trinajstić information content (AvgIpc) is 2.71. The number of likely N-dealkylation sites (tertiary alicyclic amines) is 2. The molecular formula is C24H35ClFN3O4. The van der Waals surface area contributed by atoms with Gasteiger partial charge in [-0.25, -0.2) is 9.18 Å². The molecule has 184 valence electrons. The second-order valence-electron chi connectivity index (χ2n) is 10.3. The Morgan fingerprint density at radius 1 is 1.18 bits per heavy atom. The van der Waals surface area contributed by atoms with Crippen LogP contribution in [0.15, 0.2) is 18.2 Å². The van der Waals surface area contributed by atoms with Crippen LogP contribution in [-0.2, 0) is 4.74 Å². The molecule has 1 aromatic rings. The normalized spacial score (nSPS) is 19.9. The molecule has 0 bridgehead atoms. The van der Waals surface area contributed by atoms with E-state index in [2.05, 4.69) is 10.2 Å². The summed E-state index contributed by atoms with van der Waals surface area (Å²) in [4.78, 5) is 28.5. The summed E-state index contributed by atoms with van der Waals surface area (Å²) in [6.45, 7) is 9.28. The van der Waals surface area contributed by atoms with Gasteiger partial charge in [-0.3, -0.25) is 4.79 Å². The number of rotatable bonds is 5. The minimum absolute atomic E-state index is 0.198. The number of halogens is 2. The maximum atomic E-state index is 13.5. The second-order valence-corrected chi connectivity index (χ2v) is 10.7. The van der Waals surface area contributed by atoms with Crippen LogP contribution in [0.2, 0.25) is 5.02 Å². The van der Waals surface area contributed by atoms with Crippen LogP contribution in [0.4, 0.5) is 9.18 Å². The van der Waals surface area contributed by atoms with Crippen molar-refractivity contribution in [2.24, 2.45) is 5.92 Å². The van der Waals surface area contributed by atoms with Gasteiger partial charge >= 0.3 is 6.09 Å². The molecule has 2 saturated heterocycles. The van der Waals surface area contributed by atoms with E-state index in [1.165, 1.54) is 18.2 Å². The number of β-amino-alcohol motifs (C(OH)–C–C–N with tert-alkyl or cyclic N) is 1. The maximum Gasteiger partial charge on any atom is 0.410 e. The lowest BCUT2D eigenvalue weighted by Crippen LogP contribution is -2.54. The number of piperidine rings is 2. The highest BCUT2D eigenvalue weighted by Crippen LogP contribution is 2.27. The quantitative estimate of drug-likeness (QED) is 0.667. The number of ether oxygens (including phenoxy) is 1. The van der Waals surface area contributed by atoms with Crippen LogP contribution in [0.1, 0.15) is 56.8 Å². The number of hydrogen-bond donors (Lipinski definition) is 2. The van der Waals surface area contributed by atoms with Crippen molar-refractivity contribution in [1.29, 1.82) is 0 Å². The number of nitrogens with zero attached hydrogens (tertiary/aromatic N) is 2. The Morgan fingerprint density at radius 2 is 1.82 bits per heavy atom. The van der Waals surface area contributed by atoms with Crippen LogP contribution in [-0.4, -0.2) is 77.4 Å². The topological polar surface area (TPSA) is 82.1 Å². The number of aliphatic hydroxyl groups is 1. The van der Waals surface area contributed by atoms with E-state index in [9.17, 15) is 19.1 Å². The van der Waals surface area contributed by atoms with E-state index in [-0.39, 0.29) is 22.6 Å². The van der Waals surface area contributed by atoms with Gasteiger partial charge < -0.3 is 25.0 Å². The van der Waals surface area contributed by atoms with Crippen LogP contribution in [0.3, 0.4) is 0 Å². The summed E-state index contributed by atoms with van der Waals surface area (Å²) in [6, 6.07) is 3.80. The van der Waals surface area contributed by atoms with Gasteiger partial charge in [0.15, 0.2) is 0 Å². The first-order chi connectivity index (χ1) is 15.4. The molecule has 0 atom stereocenters. The van der Waals surface area contributed by atoms with Gasteiger partial charge in [0.25, 0.3) is 5.91 Å². The summed E-state index contributed by atoms with van der Waals surface area (Å²) in [7, 11) is 0. The predicted molar refractivity (Wildman–Crippen MR) is 125 cm³/mol. The lowest BCUT2D eigenvalue weighted by atomic mass is 9.89. The van der Waals surface area contributed by atoms with E-state index in [4.69, 9.17) is 16.3 Å². The van der Waals surface area contributed by atoms with Crippen molar-refractivity contribution in [3.8, 4) is 0 Å². The van der Waals surface area contributed by atoms with Crippen molar-refractivity contribution >= 4 is 23.6 Å². The van der Waals surface area contributed by atoms with Gasteiger partial charge in [-0.05, 0) is 83.7 Å². The fourth-order valence-electron chi connectivity index (χ4n) is 4.38. The molecular weight excluding hydrogens is 449 g/mol. The molecule has 33 heavy (non-hydrogen) atoms. The van der Waals surface area contributed by atoms with E-state index in [0.29, 0.717) is 44.9 Å². The molecule has 0 aromatic heterocycles. The number of hydrogen-bond acceptors (Lipinski definition) is 5. The molecule has 2 aliphatic heterocycles. The molecule has 2 fully saturated rings. The summed E-state index contributed by atoms with van der Waals surface area (Å²) >= 11 is 5.83. The number of amides is 2. The van der Waals surface area contributed by atoms with Gasteiger partial charge in [0.05, 0.1) is 5.60 Å². The van der Waals surface area contributed by atoms with Crippen LogP contribution < -0.4 is 5.32 Å². The van der Waals surface area contributed by atoms with Gasteiger partial charge in [0, 0.05) is 36.8 Å². The second kappa shape index (κ2) is 10.6. The van der Waals surface area contributed by atoms with Crippen molar-refractivity contribution in [3.05, 3.63) is 34.6 Å². The van der Waals surface area contributed by atoms with Crippen molar-refractivity contribution in [3.63, 3.8) is 0 Å². The zero-order valence-corrected chi connectivity index (χ0v) is 20.5. The Morgan fingerprint density at radius 3 is 2.39 bits per heavy atom. The molecule has 0 spiro atoms. The maximum absolute atomic E-state index is 13.5. The van der Waals surface area contributed by atoms with Crippen molar-refractivity contribution < 1.29 is 23.8 Å². The van der Waals surface area contributed by atoms with Crippen molar-refractivity contribution in [1.82, 2.24) is 15.1 Å². The lowest BCUT2D eigenvalue weighted by Gasteiger charge is -2.42. The van der Waals surface area contributed by atoms with Gasteiger partial charge in [-0.1, -0.05) is 11.6 Å². The highest BCUT2D eigenvalue weighted by molar-refractivity contribution is 6.31.